The van der Waals surface area contributed by atoms with E-state index < -0.39 is 10.0 Å². The van der Waals surface area contributed by atoms with Crippen molar-refractivity contribution in [3.63, 3.8) is 0 Å². The van der Waals surface area contributed by atoms with Crippen molar-refractivity contribution in [2.75, 3.05) is 32.8 Å². The summed E-state index contributed by atoms with van der Waals surface area (Å²) >= 11 is 0. The summed E-state index contributed by atoms with van der Waals surface area (Å²) in [4.78, 5) is 16.0. The van der Waals surface area contributed by atoms with Gasteiger partial charge in [-0.25, -0.2) is 18.4 Å². The number of nitrogens with zero attached hydrogens (tertiary/aromatic N) is 6. The molecule has 0 amide bonds. The molecule has 1 aromatic carbocycles. The van der Waals surface area contributed by atoms with Crippen molar-refractivity contribution < 1.29 is 13.2 Å². The van der Waals surface area contributed by atoms with E-state index in [0.717, 1.165) is 0 Å². The molecule has 2 aliphatic rings. The molecule has 0 unspecified atom stereocenters. The molecule has 3 heterocycles. The van der Waals surface area contributed by atoms with Crippen molar-refractivity contribution in [2.24, 2.45) is 15.7 Å². The van der Waals surface area contributed by atoms with Gasteiger partial charge in [-0.1, -0.05) is 0 Å². The maximum atomic E-state index is 13.5. The molecule has 2 N–H and O–H groups in total. The van der Waals surface area contributed by atoms with Gasteiger partial charge in [-0.05, 0) is 52.8 Å². The summed E-state index contributed by atoms with van der Waals surface area (Å²) in [5.74, 6) is 1.65. The predicted octanol–water partition coefficient (Wildman–Crippen LogP) is 2.19. The quantitative estimate of drug-likeness (QED) is 0.507. The first-order valence-corrected chi connectivity index (χ1v) is 13.4. The molecule has 2 aromatic rings. The van der Waals surface area contributed by atoms with E-state index in [2.05, 4.69) is 35.7 Å². The van der Waals surface area contributed by atoms with Crippen LogP contribution in [0.5, 0.6) is 5.75 Å². The lowest BCUT2D eigenvalue weighted by atomic mass is 10.1. The van der Waals surface area contributed by atoms with Crippen LogP contribution in [0.1, 0.15) is 40.3 Å². The lowest BCUT2D eigenvalue weighted by molar-refractivity contribution is 0.0922. The van der Waals surface area contributed by atoms with Crippen LogP contribution in [0.15, 0.2) is 39.3 Å². The number of benzene rings is 1. The van der Waals surface area contributed by atoms with Gasteiger partial charge in [0.1, 0.15) is 23.9 Å². The van der Waals surface area contributed by atoms with Crippen molar-refractivity contribution in [3.8, 4) is 17.1 Å². The molecule has 1 fully saturated rings. The first-order valence-electron chi connectivity index (χ1n) is 11.9. The molecular formula is C24H35N7O3S. The number of rotatable bonds is 4. The molecule has 0 radical (unpaired) electrons. The molecule has 190 valence electrons. The highest BCUT2D eigenvalue weighted by atomic mass is 32.2. The number of nitrogens with two attached hydrogens (primary N) is 1. The molecule has 0 saturated carbocycles. The summed E-state index contributed by atoms with van der Waals surface area (Å²) in [7, 11) is -3.66. The zero-order chi connectivity index (χ0) is 25.4. The maximum Gasteiger partial charge on any atom is 0.243 e. The van der Waals surface area contributed by atoms with Crippen molar-refractivity contribution in [1.82, 2.24) is 18.8 Å². The summed E-state index contributed by atoms with van der Waals surface area (Å²) in [6.07, 6.45) is 3.06. The fourth-order valence-corrected chi connectivity index (χ4v) is 5.81. The first-order chi connectivity index (χ1) is 16.5. The Labute approximate surface area is 207 Å². The number of imidazole rings is 1. The Kier molecular flexibility index (Phi) is 7.03. The molecule has 2 aliphatic heterocycles. The van der Waals surface area contributed by atoms with E-state index in [1.54, 1.807) is 22.5 Å². The number of hydrogen-bond donors (Lipinski definition) is 1. The molecule has 11 heteroatoms. The van der Waals surface area contributed by atoms with Gasteiger partial charge in [0.2, 0.25) is 10.0 Å². The Balaban J connectivity index is 1.69. The highest BCUT2D eigenvalue weighted by Crippen LogP contribution is 2.35. The highest BCUT2D eigenvalue weighted by molar-refractivity contribution is 7.89. The Bertz CT molecular complexity index is 1230. The monoisotopic (exact) mass is 501 g/mol. The number of hydrogen-bond acceptors (Lipinski definition) is 6. The van der Waals surface area contributed by atoms with Gasteiger partial charge in [-0.3, -0.25) is 9.89 Å². The van der Waals surface area contributed by atoms with Gasteiger partial charge in [0.25, 0.3) is 0 Å². The standard InChI is InChI=1S/C24H35N7O3S/c1-17(2)27-22(26-16-25)20-15-29-12-13-34-21-7-6-18(14-19(21)23(29)28-20)35(32,33)31-10-8-30(9-11-31)24(3,4)5/h6-7,14-17H,8-13H2,1-5H3,(H2,25,26,27). The van der Waals surface area contributed by atoms with Crippen LogP contribution in [-0.4, -0.2) is 83.7 Å². The minimum Gasteiger partial charge on any atom is -0.491 e. The smallest absolute Gasteiger partial charge is 0.243 e. The van der Waals surface area contributed by atoms with Gasteiger partial charge in [0.15, 0.2) is 5.84 Å². The topological polar surface area (TPSA) is 118 Å². The molecule has 1 saturated heterocycles. The van der Waals surface area contributed by atoms with Crippen LogP contribution in [-0.2, 0) is 16.6 Å². The third-order valence-corrected chi connectivity index (χ3v) is 8.08. The Morgan fingerprint density at radius 1 is 1.17 bits per heavy atom. The Morgan fingerprint density at radius 3 is 2.51 bits per heavy atom. The van der Waals surface area contributed by atoms with Crippen molar-refractivity contribution in [1.29, 1.82) is 0 Å². The summed E-state index contributed by atoms with van der Waals surface area (Å²) < 4.78 is 36.5. The van der Waals surface area contributed by atoms with E-state index in [9.17, 15) is 8.42 Å². The van der Waals surface area contributed by atoms with Gasteiger partial charge in [-0.2, -0.15) is 4.31 Å². The van der Waals surface area contributed by atoms with E-state index in [1.165, 1.54) is 6.34 Å². The van der Waals surface area contributed by atoms with Crippen LogP contribution >= 0.6 is 0 Å². The zero-order valence-corrected chi connectivity index (χ0v) is 21.9. The minimum absolute atomic E-state index is 0.0116. The second-order valence-corrected chi connectivity index (χ2v) is 12.0. The number of aromatic nitrogens is 2. The third-order valence-electron chi connectivity index (χ3n) is 6.19. The first kappa shape index (κ1) is 25.3. The third kappa shape index (κ3) is 5.26. The number of aliphatic imine (C=N–C) groups is 2. The summed E-state index contributed by atoms with van der Waals surface area (Å²) in [6, 6.07) is 5.02. The van der Waals surface area contributed by atoms with Crippen LogP contribution in [0.25, 0.3) is 11.4 Å². The maximum absolute atomic E-state index is 13.5. The van der Waals surface area contributed by atoms with Crippen LogP contribution in [0, 0.1) is 0 Å². The number of ether oxygens (including phenoxy) is 1. The van der Waals surface area contributed by atoms with E-state index in [4.69, 9.17) is 15.5 Å². The lowest BCUT2D eigenvalue weighted by Gasteiger charge is -2.41. The molecular weight excluding hydrogens is 466 g/mol. The van der Waals surface area contributed by atoms with Crippen LogP contribution in [0.2, 0.25) is 0 Å². The van der Waals surface area contributed by atoms with E-state index in [0.29, 0.717) is 68.0 Å². The Hall–Kier alpha value is -2.76. The predicted molar refractivity (Wildman–Crippen MR) is 138 cm³/mol. The number of fused-ring (bicyclic) bond motifs is 3. The van der Waals surface area contributed by atoms with Crippen LogP contribution < -0.4 is 10.5 Å². The number of sulfonamides is 1. The van der Waals surface area contributed by atoms with E-state index in [1.807, 2.05) is 24.6 Å². The fourth-order valence-electron chi connectivity index (χ4n) is 4.36. The molecule has 0 aliphatic carbocycles. The van der Waals surface area contributed by atoms with E-state index >= 15 is 0 Å². The SMILES string of the molecule is CC(C)N=C(N=CN)c1cn2c(n1)-c1cc(S(=O)(=O)N3CCN(C(C)(C)C)CC3)ccc1OCC2. The lowest BCUT2D eigenvalue weighted by Crippen LogP contribution is -2.54. The van der Waals surface area contributed by atoms with Crippen molar-refractivity contribution in [3.05, 3.63) is 30.1 Å². The highest BCUT2D eigenvalue weighted by Gasteiger charge is 2.33. The van der Waals surface area contributed by atoms with Gasteiger partial charge in [-0.15, -0.1) is 0 Å². The number of amidine groups is 1. The largest absolute Gasteiger partial charge is 0.491 e. The minimum atomic E-state index is -3.66. The van der Waals surface area contributed by atoms with E-state index in [-0.39, 0.29) is 16.5 Å². The van der Waals surface area contributed by atoms with Crippen LogP contribution in [0.4, 0.5) is 0 Å². The number of piperazine rings is 1. The van der Waals surface area contributed by atoms with Crippen molar-refractivity contribution >= 4 is 22.2 Å². The Morgan fingerprint density at radius 2 is 1.89 bits per heavy atom. The molecule has 4 rings (SSSR count). The average molecular weight is 502 g/mol. The molecule has 10 nitrogen and oxygen atoms in total. The van der Waals surface area contributed by atoms with Crippen molar-refractivity contribution in [2.45, 2.75) is 57.6 Å². The fraction of sp³-hybridized carbons (Fsp3) is 0.542. The zero-order valence-electron chi connectivity index (χ0n) is 21.1. The molecule has 1 aromatic heterocycles. The second-order valence-electron chi connectivity index (χ2n) is 10.0. The van der Waals surface area contributed by atoms with Gasteiger partial charge in [0, 0.05) is 44.0 Å². The second kappa shape index (κ2) is 9.71. The van der Waals surface area contributed by atoms with Gasteiger partial charge in [0.05, 0.1) is 23.3 Å². The normalized spacial score (nSPS) is 18.4. The molecule has 35 heavy (non-hydrogen) atoms. The van der Waals surface area contributed by atoms with Crippen LogP contribution in [0.3, 0.4) is 0 Å². The summed E-state index contributed by atoms with van der Waals surface area (Å²) in [5, 5.41) is 0. The molecule has 0 bridgehead atoms. The summed E-state index contributed by atoms with van der Waals surface area (Å²) in [6.45, 7) is 13.7. The van der Waals surface area contributed by atoms with Gasteiger partial charge >= 0.3 is 0 Å². The average Bonchev–Trinajstić information content (AvgIpc) is 3.14. The molecule has 0 spiro atoms. The van der Waals surface area contributed by atoms with Gasteiger partial charge < -0.3 is 15.0 Å². The molecule has 0 atom stereocenters. The summed E-state index contributed by atoms with van der Waals surface area (Å²) in [5.41, 5.74) is 6.75.